The monoisotopic (exact) mass is 272 g/mol. The van der Waals surface area contributed by atoms with Crippen LogP contribution < -0.4 is 10.6 Å². The van der Waals surface area contributed by atoms with Gasteiger partial charge in [-0.05, 0) is 24.2 Å². The minimum Gasteiger partial charge on any atom is -0.480 e. The number of hydrogen-bond acceptors (Lipinski definition) is 3. The summed E-state index contributed by atoms with van der Waals surface area (Å²) in [4.78, 5) is 22.8. The fraction of sp³-hybridized carbons (Fsp3) is 0.846. The molecule has 1 fully saturated rings. The number of urea groups is 1. The summed E-state index contributed by atoms with van der Waals surface area (Å²) in [5, 5.41) is 14.3. The van der Waals surface area contributed by atoms with Crippen LogP contribution in [0.1, 0.15) is 33.6 Å². The third-order valence-corrected chi connectivity index (χ3v) is 3.25. The lowest BCUT2D eigenvalue weighted by Gasteiger charge is -2.27. The highest BCUT2D eigenvalue weighted by molar-refractivity contribution is 5.83. The van der Waals surface area contributed by atoms with Gasteiger partial charge in [0.1, 0.15) is 6.04 Å². The minimum atomic E-state index is -1.02. The molecule has 0 saturated carbocycles. The van der Waals surface area contributed by atoms with E-state index in [1.165, 1.54) is 0 Å². The van der Waals surface area contributed by atoms with Gasteiger partial charge in [-0.3, -0.25) is 0 Å². The van der Waals surface area contributed by atoms with Gasteiger partial charge >= 0.3 is 12.0 Å². The zero-order chi connectivity index (χ0) is 14.5. The zero-order valence-electron chi connectivity index (χ0n) is 11.9. The van der Waals surface area contributed by atoms with Crippen LogP contribution in [0.25, 0.3) is 0 Å². The number of aliphatic carboxylic acids is 1. The fourth-order valence-electron chi connectivity index (χ4n) is 2.03. The Hall–Kier alpha value is -1.30. The van der Waals surface area contributed by atoms with Crippen molar-refractivity contribution in [3.63, 3.8) is 0 Å². The van der Waals surface area contributed by atoms with Crippen molar-refractivity contribution in [1.82, 2.24) is 10.6 Å². The van der Waals surface area contributed by atoms with Gasteiger partial charge in [-0.15, -0.1) is 0 Å². The molecule has 0 radical (unpaired) electrons. The van der Waals surface area contributed by atoms with Gasteiger partial charge in [0, 0.05) is 19.8 Å². The number of carboxylic acids is 1. The molecule has 0 bridgehead atoms. The van der Waals surface area contributed by atoms with E-state index in [1.807, 2.05) is 0 Å². The van der Waals surface area contributed by atoms with Crippen molar-refractivity contribution >= 4 is 12.0 Å². The van der Waals surface area contributed by atoms with Crippen LogP contribution in [0.3, 0.4) is 0 Å². The average Bonchev–Trinajstić information content (AvgIpc) is 2.77. The largest absolute Gasteiger partial charge is 0.480 e. The van der Waals surface area contributed by atoms with Crippen LogP contribution in [0.15, 0.2) is 0 Å². The van der Waals surface area contributed by atoms with E-state index in [1.54, 1.807) is 20.8 Å². The molecule has 0 aliphatic carbocycles. The molecular formula is C13H24N2O4. The first-order valence-electron chi connectivity index (χ1n) is 6.65. The van der Waals surface area contributed by atoms with Gasteiger partial charge in [-0.25, -0.2) is 9.59 Å². The van der Waals surface area contributed by atoms with Crippen molar-refractivity contribution in [3.8, 4) is 0 Å². The predicted octanol–water partition coefficient (Wildman–Crippen LogP) is 1.21. The summed E-state index contributed by atoms with van der Waals surface area (Å²) >= 11 is 0. The molecule has 110 valence electrons. The van der Waals surface area contributed by atoms with E-state index in [-0.39, 0.29) is 0 Å². The highest BCUT2D eigenvalue weighted by Crippen LogP contribution is 2.19. The standard InChI is InChI=1S/C13H24N2O4/c1-13(2,3)10(11(16)17)15-12(18)14-6-4-9-5-7-19-8-9/h9-10H,4-8H2,1-3H3,(H,16,17)(H2,14,15,18)/t9?,10-/m0/s1. The Morgan fingerprint density at radius 1 is 1.42 bits per heavy atom. The van der Waals surface area contributed by atoms with E-state index in [2.05, 4.69) is 10.6 Å². The molecule has 0 spiro atoms. The van der Waals surface area contributed by atoms with Crippen LogP contribution >= 0.6 is 0 Å². The molecule has 2 amide bonds. The second kappa shape index (κ2) is 6.75. The van der Waals surface area contributed by atoms with E-state index < -0.39 is 23.5 Å². The molecule has 1 aliphatic heterocycles. The molecule has 1 aliphatic rings. The molecule has 0 aromatic heterocycles. The lowest BCUT2D eigenvalue weighted by molar-refractivity contribution is -0.141. The molecule has 0 aromatic rings. The molecule has 19 heavy (non-hydrogen) atoms. The van der Waals surface area contributed by atoms with E-state index in [4.69, 9.17) is 9.84 Å². The topological polar surface area (TPSA) is 87.7 Å². The summed E-state index contributed by atoms with van der Waals surface area (Å²) in [7, 11) is 0. The highest BCUT2D eigenvalue weighted by Gasteiger charge is 2.32. The van der Waals surface area contributed by atoms with E-state index >= 15 is 0 Å². The Balaban J connectivity index is 2.30. The van der Waals surface area contributed by atoms with E-state index in [0.717, 1.165) is 26.1 Å². The summed E-state index contributed by atoms with van der Waals surface area (Å²) in [5.74, 6) is -0.523. The number of hydrogen-bond donors (Lipinski definition) is 3. The second-order valence-electron chi connectivity index (χ2n) is 6.06. The Labute approximate surface area is 113 Å². The lowest BCUT2D eigenvalue weighted by Crippen LogP contribution is -2.52. The predicted molar refractivity (Wildman–Crippen MR) is 71.0 cm³/mol. The Morgan fingerprint density at radius 3 is 2.58 bits per heavy atom. The van der Waals surface area contributed by atoms with Gasteiger partial charge in [-0.1, -0.05) is 20.8 Å². The van der Waals surface area contributed by atoms with Gasteiger partial charge in [-0.2, -0.15) is 0 Å². The Kier molecular flexibility index (Phi) is 5.60. The van der Waals surface area contributed by atoms with Crippen molar-refractivity contribution in [2.24, 2.45) is 11.3 Å². The maximum Gasteiger partial charge on any atom is 0.326 e. The first kappa shape index (κ1) is 15.8. The Bertz CT molecular complexity index is 319. The third kappa shape index (κ3) is 5.46. The maximum atomic E-state index is 11.7. The number of nitrogens with one attached hydrogen (secondary N) is 2. The molecule has 0 aromatic carbocycles. The van der Waals surface area contributed by atoms with Crippen LogP contribution in [0.5, 0.6) is 0 Å². The van der Waals surface area contributed by atoms with Crippen molar-refractivity contribution in [2.75, 3.05) is 19.8 Å². The lowest BCUT2D eigenvalue weighted by atomic mass is 9.87. The number of carboxylic acid groups (broad SMARTS) is 1. The second-order valence-corrected chi connectivity index (χ2v) is 6.06. The van der Waals surface area contributed by atoms with Crippen LogP contribution in [0.2, 0.25) is 0 Å². The third-order valence-electron chi connectivity index (χ3n) is 3.25. The van der Waals surface area contributed by atoms with Crippen molar-refractivity contribution < 1.29 is 19.4 Å². The number of ether oxygens (including phenoxy) is 1. The average molecular weight is 272 g/mol. The molecule has 1 rings (SSSR count). The van der Waals surface area contributed by atoms with Crippen LogP contribution in [0, 0.1) is 11.3 Å². The van der Waals surface area contributed by atoms with Crippen molar-refractivity contribution in [1.29, 1.82) is 0 Å². The van der Waals surface area contributed by atoms with Gasteiger partial charge in [0.2, 0.25) is 0 Å². The molecule has 1 heterocycles. The summed E-state index contributed by atoms with van der Waals surface area (Å²) in [6.07, 6.45) is 1.89. The zero-order valence-corrected chi connectivity index (χ0v) is 11.9. The molecule has 1 saturated heterocycles. The summed E-state index contributed by atoms with van der Waals surface area (Å²) in [5.41, 5.74) is -0.525. The molecular weight excluding hydrogens is 248 g/mol. The first-order valence-corrected chi connectivity index (χ1v) is 6.65. The highest BCUT2D eigenvalue weighted by atomic mass is 16.5. The van der Waals surface area contributed by atoms with E-state index in [9.17, 15) is 9.59 Å². The van der Waals surface area contributed by atoms with Gasteiger partial charge in [0.25, 0.3) is 0 Å². The van der Waals surface area contributed by atoms with Crippen molar-refractivity contribution in [3.05, 3.63) is 0 Å². The SMILES string of the molecule is CC(C)(C)[C@@H](NC(=O)NCCC1CCOC1)C(=O)O. The smallest absolute Gasteiger partial charge is 0.326 e. The van der Waals surface area contributed by atoms with E-state index in [0.29, 0.717) is 12.5 Å². The number of carbonyl (C=O) groups is 2. The summed E-state index contributed by atoms with van der Waals surface area (Å²) in [6.45, 7) is 7.42. The normalized spacial score (nSPS) is 20.9. The molecule has 6 heteroatoms. The first-order chi connectivity index (χ1) is 8.80. The number of amides is 2. The van der Waals surface area contributed by atoms with Gasteiger partial charge < -0.3 is 20.5 Å². The molecule has 6 nitrogen and oxygen atoms in total. The van der Waals surface area contributed by atoms with Gasteiger partial charge in [0.15, 0.2) is 0 Å². The summed E-state index contributed by atoms with van der Waals surface area (Å²) in [6, 6.07) is -1.33. The minimum absolute atomic E-state index is 0.429. The van der Waals surface area contributed by atoms with Gasteiger partial charge in [0.05, 0.1) is 0 Å². The Morgan fingerprint density at radius 2 is 2.11 bits per heavy atom. The van der Waals surface area contributed by atoms with Crippen LogP contribution in [0.4, 0.5) is 4.79 Å². The fourth-order valence-corrected chi connectivity index (χ4v) is 2.03. The summed E-state index contributed by atoms with van der Waals surface area (Å²) < 4.78 is 5.25. The number of rotatable bonds is 5. The molecule has 3 N–H and O–H groups in total. The quantitative estimate of drug-likeness (QED) is 0.702. The van der Waals surface area contributed by atoms with Crippen LogP contribution in [-0.4, -0.2) is 42.9 Å². The van der Waals surface area contributed by atoms with Crippen molar-refractivity contribution in [2.45, 2.75) is 39.7 Å². The molecule has 2 atom stereocenters. The number of carbonyl (C=O) groups excluding carboxylic acids is 1. The maximum absolute atomic E-state index is 11.7. The molecule has 1 unspecified atom stereocenters. The van der Waals surface area contributed by atoms with Crippen LogP contribution in [-0.2, 0) is 9.53 Å².